The second-order valence-corrected chi connectivity index (χ2v) is 14.2. The molecule has 2 saturated heterocycles. The molecule has 4 fully saturated rings. The van der Waals surface area contributed by atoms with E-state index in [0.717, 1.165) is 25.7 Å². The lowest BCUT2D eigenvalue weighted by Gasteiger charge is -2.53. The van der Waals surface area contributed by atoms with Crippen molar-refractivity contribution in [3.05, 3.63) is 63.9 Å². The number of piperazine rings is 1. The summed E-state index contributed by atoms with van der Waals surface area (Å²) in [6.07, 6.45) is 3.81. The number of nitrogens with zero attached hydrogens (tertiary/aromatic N) is 3. The molecule has 2 aromatic carbocycles. The summed E-state index contributed by atoms with van der Waals surface area (Å²) in [5, 5.41) is 2.99. The van der Waals surface area contributed by atoms with Crippen LogP contribution >= 0.6 is 23.2 Å². The zero-order chi connectivity index (χ0) is 29.8. The van der Waals surface area contributed by atoms with E-state index in [2.05, 4.69) is 5.32 Å². The van der Waals surface area contributed by atoms with E-state index in [-0.39, 0.29) is 58.2 Å². The zero-order valence-electron chi connectivity index (χ0n) is 22.7. The highest BCUT2D eigenvalue weighted by molar-refractivity contribution is 7.89. The maximum Gasteiger partial charge on any atom is 0.248 e. The molecule has 3 unspecified atom stereocenters. The summed E-state index contributed by atoms with van der Waals surface area (Å²) in [6.45, 7) is -0.321. The first-order valence-electron chi connectivity index (χ1n) is 14.2. The summed E-state index contributed by atoms with van der Waals surface area (Å²) in [4.78, 5) is 44.0. The fourth-order valence-electron chi connectivity index (χ4n) is 6.36. The lowest BCUT2D eigenvalue weighted by molar-refractivity contribution is -0.168. The topological polar surface area (TPSA) is 107 Å². The fraction of sp³-hybridized carbons (Fsp3) is 0.483. The van der Waals surface area contributed by atoms with E-state index < -0.39 is 40.0 Å². The molecule has 0 bridgehead atoms. The maximum absolute atomic E-state index is 14.2. The molecule has 3 amide bonds. The average Bonchev–Trinajstić information content (AvgIpc) is 3.64. The van der Waals surface area contributed by atoms with E-state index in [9.17, 15) is 27.2 Å². The van der Waals surface area contributed by atoms with Crippen molar-refractivity contribution in [1.29, 1.82) is 0 Å². The normalized spacial score (nSPS) is 25.5. The van der Waals surface area contributed by atoms with Crippen molar-refractivity contribution in [2.75, 3.05) is 13.1 Å². The quantitative estimate of drug-likeness (QED) is 0.500. The third-order valence-corrected chi connectivity index (χ3v) is 11.3. The van der Waals surface area contributed by atoms with Gasteiger partial charge in [-0.3, -0.25) is 14.4 Å². The van der Waals surface area contributed by atoms with Gasteiger partial charge in [-0.05, 0) is 61.6 Å². The Hall–Kier alpha value is -2.73. The monoisotopic (exact) mass is 636 g/mol. The highest BCUT2D eigenvalue weighted by Crippen LogP contribution is 2.38. The maximum atomic E-state index is 14.2. The van der Waals surface area contributed by atoms with Gasteiger partial charge in [-0.1, -0.05) is 48.2 Å². The lowest BCUT2D eigenvalue weighted by atomic mass is 9.96. The molecule has 13 heteroatoms. The van der Waals surface area contributed by atoms with E-state index in [1.165, 1.54) is 39.5 Å². The predicted octanol–water partition coefficient (Wildman–Crippen LogP) is 3.58. The Labute approximate surface area is 254 Å². The molecule has 42 heavy (non-hydrogen) atoms. The van der Waals surface area contributed by atoms with Crippen molar-refractivity contribution >= 4 is 50.9 Å². The summed E-state index contributed by atoms with van der Waals surface area (Å²) >= 11 is 12.4. The van der Waals surface area contributed by atoms with Crippen molar-refractivity contribution in [3.63, 3.8) is 0 Å². The molecule has 2 aliphatic carbocycles. The number of fused-ring (bicyclic) bond motifs is 1. The molecule has 0 spiro atoms. The Morgan fingerprint density at radius 1 is 0.952 bits per heavy atom. The molecule has 0 radical (unpaired) electrons. The van der Waals surface area contributed by atoms with E-state index in [1.807, 2.05) is 0 Å². The molecule has 0 aromatic heterocycles. The van der Waals surface area contributed by atoms with Gasteiger partial charge in [0.05, 0.1) is 11.6 Å². The summed E-state index contributed by atoms with van der Waals surface area (Å²) < 4.78 is 43.4. The van der Waals surface area contributed by atoms with Crippen LogP contribution in [-0.4, -0.2) is 77.6 Å². The van der Waals surface area contributed by atoms with Crippen molar-refractivity contribution in [2.24, 2.45) is 5.92 Å². The van der Waals surface area contributed by atoms with Crippen LogP contribution in [0.2, 0.25) is 10.0 Å². The van der Waals surface area contributed by atoms with Gasteiger partial charge in [-0.15, -0.1) is 0 Å². The van der Waals surface area contributed by atoms with Gasteiger partial charge in [-0.25, -0.2) is 12.8 Å². The minimum Gasteiger partial charge on any atom is -0.343 e. The summed E-state index contributed by atoms with van der Waals surface area (Å²) in [5.74, 6) is -1.81. The third kappa shape index (κ3) is 5.52. The van der Waals surface area contributed by atoms with Crippen LogP contribution in [0.5, 0.6) is 0 Å². The number of rotatable bonds is 7. The molecule has 2 aliphatic heterocycles. The van der Waals surface area contributed by atoms with Gasteiger partial charge < -0.3 is 15.1 Å². The Balaban J connectivity index is 1.42. The highest BCUT2D eigenvalue weighted by atomic mass is 35.5. The van der Waals surface area contributed by atoms with Gasteiger partial charge >= 0.3 is 0 Å². The minimum absolute atomic E-state index is 0.0110. The van der Waals surface area contributed by atoms with E-state index in [1.54, 1.807) is 17.0 Å². The number of nitrogens with one attached hydrogen (secondary N) is 1. The first-order valence-corrected chi connectivity index (χ1v) is 16.4. The largest absolute Gasteiger partial charge is 0.343 e. The first-order chi connectivity index (χ1) is 20.0. The number of hydrogen-bond acceptors (Lipinski definition) is 5. The second-order valence-electron chi connectivity index (χ2n) is 11.5. The van der Waals surface area contributed by atoms with E-state index in [4.69, 9.17) is 23.2 Å². The molecule has 3 atom stereocenters. The molecule has 2 saturated carbocycles. The average molecular weight is 638 g/mol. The zero-order valence-corrected chi connectivity index (χ0v) is 25.0. The van der Waals surface area contributed by atoms with Crippen LogP contribution in [0.4, 0.5) is 4.39 Å². The van der Waals surface area contributed by atoms with Crippen LogP contribution in [-0.2, 0) is 30.8 Å². The Kier molecular flexibility index (Phi) is 7.97. The summed E-state index contributed by atoms with van der Waals surface area (Å²) in [5.41, 5.74) is 0.617. The Morgan fingerprint density at radius 3 is 2.29 bits per heavy atom. The number of hydrogen-bond donors (Lipinski definition) is 1. The standard InChI is InChI=1S/C29H31Cl2FN4O5S/c30-19-7-12-25(22(31)14-19)42(40,41)35-15-23(33-27(37)18-3-1-2-4-18)28(38)36-24(13-17-5-8-20(32)9-6-17)29(39)34(16-26(35)36)21-10-11-21/h5-9,12,14,18,21,23-24,26H,1-4,10-11,13,15-16H2,(H,33,37). The molecule has 4 aliphatic rings. The Bertz CT molecular complexity index is 1510. The van der Waals surface area contributed by atoms with Crippen molar-refractivity contribution in [1.82, 2.24) is 19.4 Å². The van der Waals surface area contributed by atoms with Gasteiger partial charge in [0.2, 0.25) is 27.7 Å². The van der Waals surface area contributed by atoms with Crippen LogP contribution in [0.15, 0.2) is 47.4 Å². The number of amides is 3. The smallest absolute Gasteiger partial charge is 0.248 e. The molecule has 224 valence electrons. The molecule has 2 heterocycles. The molecular formula is C29H31Cl2FN4O5S. The third-order valence-electron chi connectivity index (χ3n) is 8.69. The van der Waals surface area contributed by atoms with Crippen LogP contribution in [0.25, 0.3) is 0 Å². The van der Waals surface area contributed by atoms with E-state index in [0.29, 0.717) is 18.4 Å². The van der Waals surface area contributed by atoms with Crippen LogP contribution in [0.1, 0.15) is 44.1 Å². The van der Waals surface area contributed by atoms with Crippen LogP contribution in [0.3, 0.4) is 0 Å². The molecular weight excluding hydrogens is 606 g/mol. The summed E-state index contributed by atoms with van der Waals surface area (Å²) in [7, 11) is -4.33. The SMILES string of the molecule is O=C(NC1CN(S(=O)(=O)c2ccc(Cl)cc2Cl)C2CN(C3CC3)C(=O)C(Cc3ccc(F)cc3)N2C1=O)C1CCCC1. The molecule has 2 aromatic rings. The van der Waals surface area contributed by atoms with Crippen molar-refractivity contribution < 1.29 is 27.2 Å². The number of carbonyl (C=O) groups excluding carboxylic acids is 3. The van der Waals surface area contributed by atoms with Gasteiger partial charge in [-0.2, -0.15) is 4.31 Å². The lowest BCUT2D eigenvalue weighted by Crippen LogP contribution is -2.76. The Morgan fingerprint density at radius 2 is 1.64 bits per heavy atom. The number of carbonyl (C=O) groups is 3. The highest BCUT2D eigenvalue weighted by Gasteiger charge is 2.56. The van der Waals surface area contributed by atoms with Gasteiger partial charge in [0.15, 0.2) is 0 Å². The van der Waals surface area contributed by atoms with Crippen molar-refractivity contribution in [2.45, 2.75) is 74.1 Å². The van der Waals surface area contributed by atoms with Crippen molar-refractivity contribution in [3.8, 4) is 0 Å². The predicted molar refractivity (Wildman–Crippen MR) is 154 cm³/mol. The summed E-state index contributed by atoms with van der Waals surface area (Å²) in [6, 6.07) is 7.42. The molecule has 1 N–H and O–H groups in total. The van der Waals surface area contributed by atoms with Crippen LogP contribution in [0, 0.1) is 11.7 Å². The van der Waals surface area contributed by atoms with Gasteiger partial charge in [0, 0.05) is 29.9 Å². The minimum atomic E-state index is -4.33. The fourth-order valence-corrected chi connectivity index (χ4v) is 8.69. The van der Waals surface area contributed by atoms with Crippen LogP contribution < -0.4 is 5.32 Å². The number of sulfonamides is 1. The number of benzene rings is 2. The molecule has 9 nitrogen and oxygen atoms in total. The van der Waals surface area contributed by atoms with Gasteiger partial charge in [0.25, 0.3) is 0 Å². The number of halogens is 3. The second kappa shape index (κ2) is 11.4. The van der Waals surface area contributed by atoms with E-state index >= 15 is 0 Å². The first kappa shape index (κ1) is 29.3. The molecule has 6 rings (SSSR count). The van der Waals surface area contributed by atoms with Gasteiger partial charge in [0.1, 0.15) is 29.0 Å².